The normalized spacial score (nSPS) is 18.2. The van der Waals surface area contributed by atoms with Gasteiger partial charge in [-0.1, -0.05) is 76.6 Å². The van der Waals surface area contributed by atoms with E-state index in [0.717, 1.165) is 10.0 Å². The minimum Gasteiger partial charge on any atom is -0.375 e. The molecule has 28 heavy (non-hydrogen) atoms. The van der Waals surface area contributed by atoms with Crippen molar-refractivity contribution in [2.75, 3.05) is 4.90 Å². The van der Waals surface area contributed by atoms with Crippen LogP contribution in [-0.4, -0.2) is 16.8 Å². The molecular formula is C23H18BrNO3. The van der Waals surface area contributed by atoms with Gasteiger partial charge in [-0.15, -0.1) is 0 Å². The Balaban J connectivity index is 1.72. The van der Waals surface area contributed by atoms with Crippen molar-refractivity contribution in [3.05, 3.63) is 100 Å². The summed E-state index contributed by atoms with van der Waals surface area (Å²) in [5, 5.41) is 11.4. The minimum atomic E-state index is -1.89. The molecule has 4 nitrogen and oxygen atoms in total. The first-order valence-electron chi connectivity index (χ1n) is 8.95. The van der Waals surface area contributed by atoms with Crippen LogP contribution in [0.3, 0.4) is 0 Å². The number of hydrogen-bond donors (Lipinski definition) is 1. The van der Waals surface area contributed by atoms with Crippen LogP contribution in [0.1, 0.15) is 27.9 Å². The van der Waals surface area contributed by atoms with Crippen LogP contribution < -0.4 is 4.90 Å². The zero-order valence-electron chi connectivity index (χ0n) is 15.0. The Morgan fingerprint density at radius 3 is 2.29 bits per heavy atom. The lowest BCUT2D eigenvalue weighted by molar-refractivity contribution is -0.136. The van der Waals surface area contributed by atoms with Gasteiger partial charge in [0.1, 0.15) is 0 Å². The van der Waals surface area contributed by atoms with Crippen LogP contribution in [0, 0.1) is 0 Å². The SMILES string of the molecule is O=C(C[C@@]1(O)C(=O)N(Cc2ccccc2)c2ccc(Br)cc21)c1ccccc1. The first-order valence-corrected chi connectivity index (χ1v) is 9.75. The Hall–Kier alpha value is -2.76. The maximum atomic E-state index is 13.3. The molecule has 0 bridgehead atoms. The lowest BCUT2D eigenvalue weighted by atomic mass is 9.88. The largest absolute Gasteiger partial charge is 0.375 e. The number of benzene rings is 3. The quantitative estimate of drug-likeness (QED) is 0.601. The van der Waals surface area contributed by atoms with E-state index in [4.69, 9.17) is 0 Å². The van der Waals surface area contributed by atoms with Gasteiger partial charge in [-0.05, 0) is 23.8 Å². The van der Waals surface area contributed by atoms with Gasteiger partial charge in [-0.2, -0.15) is 0 Å². The van der Waals surface area contributed by atoms with Gasteiger partial charge in [0, 0.05) is 15.6 Å². The molecule has 4 rings (SSSR count). The number of hydrogen-bond acceptors (Lipinski definition) is 3. The molecule has 0 saturated heterocycles. The molecule has 0 unspecified atom stereocenters. The number of carbonyl (C=O) groups excluding carboxylic acids is 2. The first kappa shape index (κ1) is 18.6. The molecule has 1 atom stereocenters. The molecule has 0 fully saturated rings. The van der Waals surface area contributed by atoms with E-state index >= 15 is 0 Å². The third-order valence-corrected chi connectivity index (χ3v) is 5.48. The van der Waals surface area contributed by atoms with Crippen LogP contribution in [0.4, 0.5) is 5.69 Å². The molecule has 0 aliphatic carbocycles. The zero-order valence-corrected chi connectivity index (χ0v) is 16.6. The van der Waals surface area contributed by atoms with Crippen LogP contribution in [-0.2, 0) is 16.9 Å². The lowest BCUT2D eigenvalue weighted by Gasteiger charge is -2.23. The molecular weight excluding hydrogens is 418 g/mol. The number of halogens is 1. The number of anilines is 1. The fraction of sp³-hybridized carbons (Fsp3) is 0.130. The maximum absolute atomic E-state index is 13.3. The van der Waals surface area contributed by atoms with E-state index in [0.29, 0.717) is 23.4 Å². The summed E-state index contributed by atoms with van der Waals surface area (Å²) in [5.74, 6) is -0.752. The molecule has 0 aromatic heterocycles. The predicted octanol–water partition coefficient (Wildman–Crippen LogP) is 4.46. The highest BCUT2D eigenvalue weighted by molar-refractivity contribution is 9.10. The van der Waals surface area contributed by atoms with Crippen molar-refractivity contribution in [2.45, 2.75) is 18.6 Å². The standard InChI is InChI=1S/C23H18BrNO3/c24-18-11-12-20-19(13-18)23(28,14-21(26)17-9-5-2-6-10-17)22(27)25(20)15-16-7-3-1-4-8-16/h1-13,28H,14-15H2/t23-/m0/s1. The molecule has 5 heteroatoms. The number of nitrogens with zero attached hydrogens (tertiary/aromatic N) is 1. The summed E-state index contributed by atoms with van der Waals surface area (Å²) in [6, 6.07) is 23.7. The smallest absolute Gasteiger partial charge is 0.264 e. The van der Waals surface area contributed by atoms with E-state index in [2.05, 4.69) is 15.9 Å². The first-order chi connectivity index (χ1) is 13.5. The van der Waals surface area contributed by atoms with Gasteiger partial charge in [0.25, 0.3) is 5.91 Å². The molecule has 0 saturated carbocycles. The summed E-state index contributed by atoms with van der Waals surface area (Å²) >= 11 is 3.41. The minimum absolute atomic E-state index is 0.274. The molecule has 3 aromatic rings. The van der Waals surface area contributed by atoms with Crippen molar-refractivity contribution in [1.82, 2.24) is 0 Å². The number of amides is 1. The number of ketones is 1. The van der Waals surface area contributed by atoms with Gasteiger partial charge in [-0.3, -0.25) is 9.59 Å². The van der Waals surface area contributed by atoms with E-state index in [-0.39, 0.29) is 12.2 Å². The summed E-state index contributed by atoms with van der Waals surface area (Å²) in [5.41, 5.74) is 0.610. The lowest BCUT2D eigenvalue weighted by Crippen LogP contribution is -2.41. The fourth-order valence-corrected chi connectivity index (χ4v) is 3.94. The van der Waals surface area contributed by atoms with E-state index in [1.807, 2.05) is 42.5 Å². The van der Waals surface area contributed by atoms with Crippen LogP contribution >= 0.6 is 15.9 Å². The Labute approximate surface area is 171 Å². The number of rotatable bonds is 5. The fourth-order valence-electron chi connectivity index (χ4n) is 3.58. The maximum Gasteiger partial charge on any atom is 0.264 e. The zero-order chi connectivity index (χ0) is 19.7. The van der Waals surface area contributed by atoms with Crippen molar-refractivity contribution in [3.63, 3.8) is 0 Å². The highest BCUT2D eigenvalue weighted by Crippen LogP contribution is 2.44. The average Bonchev–Trinajstić information content (AvgIpc) is 2.91. The van der Waals surface area contributed by atoms with Crippen molar-refractivity contribution in [3.8, 4) is 0 Å². The van der Waals surface area contributed by atoms with Gasteiger partial charge in [0.15, 0.2) is 11.4 Å². The van der Waals surface area contributed by atoms with Crippen LogP contribution in [0.5, 0.6) is 0 Å². The average molecular weight is 436 g/mol. The number of Topliss-reactive ketones (excluding diaryl/α,β-unsaturated/α-hetero) is 1. The molecule has 1 N–H and O–H groups in total. The second-order valence-electron chi connectivity index (χ2n) is 6.86. The van der Waals surface area contributed by atoms with Gasteiger partial charge in [0.05, 0.1) is 18.7 Å². The Morgan fingerprint density at radius 2 is 1.61 bits per heavy atom. The number of fused-ring (bicyclic) bond motifs is 1. The molecule has 1 aliphatic heterocycles. The summed E-state index contributed by atoms with van der Waals surface area (Å²) < 4.78 is 0.742. The van der Waals surface area contributed by atoms with Crippen molar-refractivity contribution >= 4 is 33.3 Å². The molecule has 1 amide bonds. The van der Waals surface area contributed by atoms with E-state index in [1.54, 1.807) is 41.3 Å². The second-order valence-corrected chi connectivity index (χ2v) is 7.78. The molecule has 3 aromatic carbocycles. The Morgan fingerprint density at radius 1 is 0.964 bits per heavy atom. The molecule has 0 spiro atoms. The summed E-state index contributed by atoms with van der Waals surface area (Å²) in [6.07, 6.45) is -0.301. The highest BCUT2D eigenvalue weighted by atomic mass is 79.9. The molecule has 140 valence electrons. The summed E-state index contributed by atoms with van der Waals surface area (Å²) in [6.45, 7) is 0.330. The van der Waals surface area contributed by atoms with Crippen molar-refractivity contribution in [2.24, 2.45) is 0 Å². The van der Waals surface area contributed by atoms with Crippen LogP contribution in [0.15, 0.2) is 83.3 Å². The number of carbonyl (C=O) groups is 2. The van der Waals surface area contributed by atoms with Crippen molar-refractivity contribution in [1.29, 1.82) is 0 Å². The highest BCUT2D eigenvalue weighted by Gasteiger charge is 2.51. The van der Waals surface area contributed by atoms with Crippen LogP contribution in [0.2, 0.25) is 0 Å². The van der Waals surface area contributed by atoms with Gasteiger partial charge in [-0.25, -0.2) is 0 Å². The van der Waals surface area contributed by atoms with Crippen LogP contribution in [0.25, 0.3) is 0 Å². The monoisotopic (exact) mass is 435 g/mol. The van der Waals surface area contributed by atoms with Crippen molar-refractivity contribution < 1.29 is 14.7 Å². The topological polar surface area (TPSA) is 57.6 Å². The van der Waals surface area contributed by atoms with E-state index in [1.165, 1.54) is 0 Å². The summed E-state index contributed by atoms with van der Waals surface area (Å²) in [7, 11) is 0. The third kappa shape index (κ3) is 3.28. The Kier molecular flexibility index (Phi) is 4.87. The molecule has 1 heterocycles. The summed E-state index contributed by atoms with van der Waals surface area (Å²) in [4.78, 5) is 27.6. The van der Waals surface area contributed by atoms with Gasteiger partial charge < -0.3 is 10.0 Å². The number of aliphatic hydroxyl groups is 1. The van der Waals surface area contributed by atoms with Gasteiger partial charge in [0.2, 0.25) is 0 Å². The second kappa shape index (κ2) is 7.34. The third-order valence-electron chi connectivity index (χ3n) is 4.99. The van der Waals surface area contributed by atoms with E-state index < -0.39 is 11.5 Å². The van der Waals surface area contributed by atoms with Gasteiger partial charge >= 0.3 is 0 Å². The van der Waals surface area contributed by atoms with E-state index in [9.17, 15) is 14.7 Å². The Bertz CT molecular complexity index is 1040. The predicted molar refractivity (Wildman–Crippen MR) is 111 cm³/mol. The molecule has 1 aliphatic rings. The molecule has 0 radical (unpaired) electrons.